The lowest BCUT2D eigenvalue weighted by Gasteiger charge is -2.40. The van der Waals surface area contributed by atoms with Crippen LogP contribution in [0.1, 0.15) is 29.7 Å². The molecule has 0 radical (unpaired) electrons. The number of rotatable bonds is 5. The summed E-state index contributed by atoms with van der Waals surface area (Å²) in [6.07, 6.45) is 2.71. The number of carboxylic acids is 1. The largest absolute Gasteiger partial charge is 0.481 e. The number of aliphatic carboxylic acids is 1. The van der Waals surface area contributed by atoms with E-state index in [1.807, 2.05) is 7.05 Å². The molecule has 0 bridgehead atoms. The smallest absolute Gasteiger partial charge is 0.310 e. The Morgan fingerprint density at radius 2 is 2.29 bits per heavy atom. The highest BCUT2D eigenvalue weighted by atomic mass is 32.1. The fourth-order valence-corrected chi connectivity index (χ4v) is 3.41. The Morgan fingerprint density at radius 3 is 2.71 bits per heavy atom. The van der Waals surface area contributed by atoms with Gasteiger partial charge in [0, 0.05) is 18.0 Å². The third kappa shape index (κ3) is 2.53. The Kier molecular flexibility index (Phi) is 3.54. The lowest BCUT2D eigenvalue weighted by Crippen LogP contribution is -2.46. The Labute approximate surface area is 106 Å². The number of carboxylic acid groups (broad SMARTS) is 1. The van der Waals surface area contributed by atoms with Crippen LogP contribution in [-0.4, -0.2) is 29.6 Å². The molecule has 1 heterocycles. The molecule has 0 aromatic carbocycles. The molecular formula is C13H19NO2S. The molecule has 94 valence electrons. The van der Waals surface area contributed by atoms with Gasteiger partial charge in [0.15, 0.2) is 0 Å². The minimum atomic E-state index is -0.626. The van der Waals surface area contributed by atoms with E-state index in [4.69, 9.17) is 0 Å². The van der Waals surface area contributed by atoms with E-state index in [0.717, 1.165) is 25.8 Å². The summed E-state index contributed by atoms with van der Waals surface area (Å²) in [5.74, 6) is -0.626. The first-order chi connectivity index (χ1) is 8.03. The monoisotopic (exact) mass is 253 g/mol. The van der Waals surface area contributed by atoms with Crippen molar-refractivity contribution in [3.63, 3.8) is 0 Å². The van der Waals surface area contributed by atoms with Gasteiger partial charge in [0.2, 0.25) is 0 Å². The van der Waals surface area contributed by atoms with E-state index in [1.165, 1.54) is 10.4 Å². The molecule has 0 unspecified atom stereocenters. The average molecular weight is 253 g/mol. The van der Waals surface area contributed by atoms with E-state index < -0.39 is 11.4 Å². The van der Waals surface area contributed by atoms with Crippen molar-refractivity contribution in [2.24, 2.45) is 5.41 Å². The number of nitrogens with zero attached hydrogens (tertiary/aromatic N) is 1. The molecule has 1 saturated carbocycles. The summed E-state index contributed by atoms with van der Waals surface area (Å²) in [6, 6.07) is 2.12. The molecule has 1 N–H and O–H groups in total. The van der Waals surface area contributed by atoms with Crippen LogP contribution in [0.5, 0.6) is 0 Å². The number of aryl methyl sites for hydroxylation is 1. The molecule has 0 saturated heterocycles. The second kappa shape index (κ2) is 4.78. The number of hydrogen-bond acceptors (Lipinski definition) is 3. The van der Waals surface area contributed by atoms with Crippen LogP contribution in [-0.2, 0) is 11.3 Å². The first-order valence-corrected chi connectivity index (χ1v) is 6.86. The summed E-state index contributed by atoms with van der Waals surface area (Å²) >= 11 is 1.75. The Bertz CT molecular complexity index is 409. The molecule has 4 heteroatoms. The zero-order valence-corrected chi connectivity index (χ0v) is 11.2. The van der Waals surface area contributed by atoms with Crippen molar-refractivity contribution in [1.82, 2.24) is 4.90 Å². The van der Waals surface area contributed by atoms with Crippen molar-refractivity contribution >= 4 is 17.3 Å². The number of thiophene rings is 1. The highest BCUT2D eigenvalue weighted by Gasteiger charge is 2.44. The first kappa shape index (κ1) is 12.6. The molecule has 0 amide bonds. The van der Waals surface area contributed by atoms with Gasteiger partial charge in [0.25, 0.3) is 0 Å². The zero-order chi connectivity index (χ0) is 12.5. The molecule has 3 nitrogen and oxygen atoms in total. The van der Waals surface area contributed by atoms with Crippen molar-refractivity contribution < 1.29 is 9.90 Å². The van der Waals surface area contributed by atoms with Crippen molar-refractivity contribution in [1.29, 1.82) is 0 Å². The maximum Gasteiger partial charge on any atom is 0.310 e. The van der Waals surface area contributed by atoms with Gasteiger partial charge in [0.1, 0.15) is 0 Å². The van der Waals surface area contributed by atoms with E-state index in [9.17, 15) is 9.90 Å². The van der Waals surface area contributed by atoms with Crippen LogP contribution >= 0.6 is 11.3 Å². The normalized spacial score (nSPS) is 18.1. The van der Waals surface area contributed by atoms with Gasteiger partial charge in [0.05, 0.1) is 5.41 Å². The summed E-state index contributed by atoms with van der Waals surface area (Å²) < 4.78 is 0. The minimum absolute atomic E-state index is 0.472. The highest BCUT2D eigenvalue weighted by Crippen LogP contribution is 2.41. The molecule has 1 aromatic heterocycles. The predicted octanol–water partition coefficient (Wildman–Crippen LogP) is 2.74. The molecule has 0 aliphatic heterocycles. The topological polar surface area (TPSA) is 40.5 Å². The maximum atomic E-state index is 11.3. The van der Waals surface area contributed by atoms with E-state index in [2.05, 4.69) is 23.3 Å². The van der Waals surface area contributed by atoms with E-state index in [-0.39, 0.29) is 0 Å². The Morgan fingerprint density at radius 1 is 1.59 bits per heavy atom. The van der Waals surface area contributed by atoms with Gasteiger partial charge in [-0.2, -0.15) is 0 Å². The standard InChI is InChI=1S/C13H19NO2S/c1-10-4-7-17-11(10)8-14(2)9-13(12(15)16)5-3-6-13/h4,7H,3,5-6,8-9H2,1-2H3,(H,15,16). The third-order valence-electron chi connectivity index (χ3n) is 3.72. The van der Waals surface area contributed by atoms with Crippen molar-refractivity contribution in [3.8, 4) is 0 Å². The first-order valence-electron chi connectivity index (χ1n) is 5.98. The van der Waals surface area contributed by atoms with Gasteiger partial charge < -0.3 is 10.0 Å². The van der Waals surface area contributed by atoms with E-state index in [0.29, 0.717) is 6.54 Å². The van der Waals surface area contributed by atoms with Crippen LogP contribution in [0.4, 0.5) is 0 Å². The predicted molar refractivity (Wildman–Crippen MR) is 69.3 cm³/mol. The van der Waals surface area contributed by atoms with E-state index >= 15 is 0 Å². The molecule has 17 heavy (non-hydrogen) atoms. The Hall–Kier alpha value is -0.870. The van der Waals surface area contributed by atoms with Gasteiger partial charge in [-0.3, -0.25) is 4.79 Å². The van der Waals surface area contributed by atoms with Crippen LogP contribution in [0.2, 0.25) is 0 Å². The molecule has 1 aromatic rings. The summed E-state index contributed by atoms with van der Waals surface area (Å²) in [5.41, 5.74) is 0.833. The second-order valence-corrected chi connectivity index (χ2v) is 6.14. The van der Waals surface area contributed by atoms with Gasteiger partial charge in [-0.15, -0.1) is 11.3 Å². The molecule has 1 aliphatic rings. The SMILES string of the molecule is Cc1ccsc1CN(C)CC1(C(=O)O)CCC1. The third-order valence-corrected chi connectivity index (χ3v) is 4.73. The van der Waals surface area contributed by atoms with Crippen LogP contribution in [0.25, 0.3) is 0 Å². The molecule has 2 rings (SSSR count). The number of carbonyl (C=O) groups is 1. The van der Waals surface area contributed by atoms with Crippen molar-refractivity contribution in [2.75, 3.05) is 13.6 Å². The minimum Gasteiger partial charge on any atom is -0.481 e. The number of hydrogen-bond donors (Lipinski definition) is 1. The zero-order valence-electron chi connectivity index (χ0n) is 10.4. The molecule has 1 fully saturated rings. The summed E-state index contributed by atoms with van der Waals surface area (Å²) in [7, 11) is 2.02. The van der Waals surface area contributed by atoms with Gasteiger partial charge in [-0.25, -0.2) is 0 Å². The average Bonchev–Trinajstić information content (AvgIpc) is 2.58. The summed E-state index contributed by atoms with van der Waals surface area (Å²) in [4.78, 5) is 14.8. The quantitative estimate of drug-likeness (QED) is 0.877. The lowest BCUT2D eigenvalue weighted by molar-refractivity contribution is -0.156. The van der Waals surface area contributed by atoms with Crippen molar-refractivity contribution in [2.45, 2.75) is 32.7 Å². The van der Waals surface area contributed by atoms with Gasteiger partial charge in [-0.05, 0) is 43.8 Å². The maximum absolute atomic E-state index is 11.3. The van der Waals surface area contributed by atoms with Crippen LogP contribution < -0.4 is 0 Å². The summed E-state index contributed by atoms with van der Waals surface area (Å²) in [5, 5.41) is 11.4. The van der Waals surface area contributed by atoms with Gasteiger partial charge >= 0.3 is 5.97 Å². The van der Waals surface area contributed by atoms with Gasteiger partial charge in [-0.1, -0.05) is 6.42 Å². The highest BCUT2D eigenvalue weighted by molar-refractivity contribution is 7.10. The van der Waals surface area contributed by atoms with Crippen molar-refractivity contribution in [3.05, 3.63) is 21.9 Å². The molecular weight excluding hydrogens is 234 g/mol. The second-order valence-electron chi connectivity index (χ2n) is 5.14. The van der Waals surface area contributed by atoms with Crippen LogP contribution in [0.15, 0.2) is 11.4 Å². The molecule has 1 aliphatic carbocycles. The van der Waals surface area contributed by atoms with E-state index in [1.54, 1.807) is 11.3 Å². The lowest BCUT2D eigenvalue weighted by atomic mass is 9.68. The summed E-state index contributed by atoms with van der Waals surface area (Å²) in [6.45, 7) is 3.63. The van der Waals surface area contributed by atoms with Crippen LogP contribution in [0.3, 0.4) is 0 Å². The van der Waals surface area contributed by atoms with Crippen LogP contribution in [0, 0.1) is 12.3 Å². The molecule has 0 atom stereocenters. The Balaban J connectivity index is 1.95. The fourth-order valence-electron chi connectivity index (χ4n) is 2.43. The fraction of sp³-hybridized carbons (Fsp3) is 0.615. The molecule has 0 spiro atoms.